The first-order chi connectivity index (χ1) is 8.56. The fourth-order valence-corrected chi connectivity index (χ4v) is 3.18. The van der Waals surface area contributed by atoms with Crippen LogP contribution in [0.4, 0.5) is 4.79 Å². The number of carbonyl (C=O) groups excluding carboxylic acids is 1. The van der Waals surface area contributed by atoms with Crippen LogP contribution in [0.5, 0.6) is 0 Å². The summed E-state index contributed by atoms with van der Waals surface area (Å²) in [6.07, 6.45) is 7.31. The van der Waals surface area contributed by atoms with Crippen LogP contribution in [0.15, 0.2) is 0 Å². The standard InChI is InChI=1S/C12H20N2O3S/c1-18-12(5-2-6-12)7-13-11(17)14-9(10(15)16)8-3-4-8/h8-9H,2-7H2,1H3,(H,15,16)(H2,13,14,17). The van der Waals surface area contributed by atoms with Crippen molar-refractivity contribution in [2.24, 2.45) is 5.92 Å². The van der Waals surface area contributed by atoms with E-state index in [2.05, 4.69) is 16.9 Å². The lowest BCUT2D eigenvalue weighted by Gasteiger charge is -2.40. The van der Waals surface area contributed by atoms with Crippen molar-refractivity contribution >= 4 is 23.8 Å². The minimum absolute atomic E-state index is 0.117. The molecule has 3 N–H and O–H groups in total. The van der Waals surface area contributed by atoms with E-state index in [9.17, 15) is 9.59 Å². The number of thioether (sulfide) groups is 1. The fourth-order valence-electron chi connectivity index (χ4n) is 2.27. The second kappa shape index (κ2) is 5.38. The van der Waals surface area contributed by atoms with Gasteiger partial charge < -0.3 is 15.7 Å². The number of carboxylic acids is 1. The van der Waals surface area contributed by atoms with E-state index in [4.69, 9.17) is 5.11 Å². The second-order valence-electron chi connectivity index (χ2n) is 5.22. The number of urea groups is 1. The van der Waals surface area contributed by atoms with Crippen molar-refractivity contribution in [3.05, 3.63) is 0 Å². The van der Waals surface area contributed by atoms with E-state index in [-0.39, 0.29) is 16.7 Å². The van der Waals surface area contributed by atoms with Gasteiger partial charge in [-0.15, -0.1) is 0 Å². The van der Waals surface area contributed by atoms with Crippen LogP contribution in [0.25, 0.3) is 0 Å². The van der Waals surface area contributed by atoms with Crippen molar-refractivity contribution in [3.8, 4) is 0 Å². The molecule has 6 heteroatoms. The number of hydrogen-bond donors (Lipinski definition) is 3. The van der Waals surface area contributed by atoms with E-state index >= 15 is 0 Å². The summed E-state index contributed by atoms with van der Waals surface area (Å²) < 4.78 is 0.176. The smallest absolute Gasteiger partial charge is 0.326 e. The highest BCUT2D eigenvalue weighted by atomic mass is 32.2. The third-order valence-corrected chi connectivity index (χ3v) is 5.33. The van der Waals surface area contributed by atoms with E-state index in [0.717, 1.165) is 25.7 Å². The van der Waals surface area contributed by atoms with Crippen LogP contribution in [-0.2, 0) is 4.79 Å². The zero-order valence-electron chi connectivity index (χ0n) is 10.6. The van der Waals surface area contributed by atoms with Crippen molar-refractivity contribution in [1.29, 1.82) is 0 Å². The van der Waals surface area contributed by atoms with Gasteiger partial charge in [-0.05, 0) is 37.9 Å². The molecule has 0 heterocycles. The molecule has 0 radical (unpaired) electrons. The van der Waals surface area contributed by atoms with Crippen LogP contribution in [0.1, 0.15) is 32.1 Å². The Labute approximate surface area is 111 Å². The SMILES string of the molecule is CSC1(CNC(=O)NC(C(=O)O)C2CC2)CCC1. The third-order valence-electron chi connectivity index (χ3n) is 3.91. The van der Waals surface area contributed by atoms with Crippen LogP contribution < -0.4 is 10.6 Å². The molecule has 1 atom stereocenters. The quantitative estimate of drug-likeness (QED) is 0.683. The molecule has 0 bridgehead atoms. The number of amides is 2. The molecule has 2 aliphatic carbocycles. The van der Waals surface area contributed by atoms with Crippen molar-refractivity contribution in [1.82, 2.24) is 10.6 Å². The first kappa shape index (κ1) is 13.5. The molecular formula is C12H20N2O3S. The summed E-state index contributed by atoms with van der Waals surface area (Å²) in [6, 6.07) is -1.08. The van der Waals surface area contributed by atoms with Gasteiger partial charge in [0.2, 0.25) is 0 Å². The molecule has 2 aliphatic rings. The summed E-state index contributed by atoms with van der Waals surface area (Å²) in [6.45, 7) is 0.622. The number of carboxylic acid groups (broad SMARTS) is 1. The molecule has 0 saturated heterocycles. The van der Waals surface area contributed by atoms with Gasteiger partial charge in [0.15, 0.2) is 0 Å². The van der Waals surface area contributed by atoms with Crippen LogP contribution in [-0.4, -0.2) is 40.7 Å². The van der Waals surface area contributed by atoms with Crippen LogP contribution >= 0.6 is 11.8 Å². The Morgan fingerprint density at radius 3 is 2.50 bits per heavy atom. The lowest BCUT2D eigenvalue weighted by molar-refractivity contribution is -0.139. The summed E-state index contributed by atoms with van der Waals surface area (Å²) in [7, 11) is 0. The first-order valence-corrected chi connectivity index (χ1v) is 7.61. The Morgan fingerprint density at radius 2 is 2.11 bits per heavy atom. The third kappa shape index (κ3) is 3.10. The fraction of sp³-hybridized carbons (Fsp3) is 0.833. The molecule has 2 rings (SSSR count). The molecule has 2 fully saturated rings. The van der Waals surface area contributed by atoms with Crippen LogP contribution in [0.2, 0.25) is 0 Å². The minimum atomic E-state index is -0.934. The molecule has 0 aliphatic heterocycles. The van der Waals surface area contributed by atoms with Crippen LogP contribution in [0.3, 0.4) is 0 Å². The van der Waals surface area contributed by atoms with E-state index in [1.165, 1.54) is 6.42 Å². The number of carbonyl (C=O) groups is 2. The molecule has 0 aromatic heterocycles. The summed E-state index contributed by atoms with van der Waals surface area (Å²) in [5, 5.41) is 14.4. The highest BCUT2D eigenvalue weighted by molar-refractivity contribution is 8.00. The normalized spacial score (nSPS) is 22.7. The number of hydrogen-bond acceptors (Lipinski definition) is 3. The second-order valence-corrected chi connectivity index (χ2v) is 6.50. The predicted octanol–water partition coefficient (Wildman–Crippen LogP) is 1.43. The van der Waals surface area contributed by atoms with Gasteiger partial charge in [0, 0.05) is 11.3 Å². The average Bonchev–Trinajstić information content (AvgIpc) is 3.08. The Hall–Kier alpha value is -0.910. The average molecular weight is 272 g/mol. The van der Waals surface area contributed by atoms with E-state index in [0.29, 0.717) is 6.54 Å². The van der Waals surface area contributed by atoms with Crippen molar-refractivity contribution in [3.63, 3.8) is 0 Å². The van der Waals surface area contributed by atoms with Gasteiger partial charge >= 0.3 is 12.0 Å². The van der Waals surface area contributed by atoms with Crippen molar-refractivity contribution in [2.75, 3.05) is 12.8 Å². The largest absolute Gasteiger partial charge is 0.480 e. The highest BCUT2D eigenvalue weighted by Gasteiger charge is 2.39. The van der Waals surface area contributed by atoms with Crippen molar-refractivity contribution < 1.29 is 14.7 Å². The molecule has 0 spiro atoms. The van der Waals surface area contributed by atoms with Gasteiger partial charge in [0.25, 0.3) is 0 Å². The van der Waals surface area contributed by atoms with E-state index < -0.39 is 12.0 Å². The van der Waals surface area contributed by atoms with Gasteiger partial charge in [-0.2, -0.15) is 11.8 Å². The zero-order chi connectivity index (χ0) is 13.2. The minimum Gasteiger partial charge on any atom is -0.480 e. The lowest BCUT2D eigenvalue weighted by atomic mass is 9.84. The van der Waals surface area contributed by atoms with E-state index in [1.54, 1.807) is 11.8 Å². The predicted molar refractivity (Wildman–Crippen MR) is 70.8 cm³/mol. The van der Waals surface area contributed by atoms with Crippen LogP contribution in [0, 0.1) is 5.92 Å². The molecule has 1 unspecified atom stereocenters. The summed E-state index contributed by atoms with van der Waals surface area (Å²) >= 11 is 1.79. The molecule has 18 heavy (non-hydrogen) atoms. The zero-order valence-corrected chi connectivity index (χ0v) is 11.4. The Balaban J connectivity index is 1.75. The number of nitrogens with one attached hydrogen (secondary N) is 2. The maximum Gasteiger partial charge on any atom is 0.326 e. The van der Waals surface area contributed by atoms with Gasteiger partial charge in [-0.25, -0.2) is 9.59 Å². The highest BCUT2D eigenvalue weighted by Crippen LogP contribution is 2.42. The molecule has 2 saturated carbocycles. The first-order valence-electron chi connectivity index (χ1n) is 6.39. The number of rotatable bonds is 6. The molecule has 0 aromatic carbocycles. The van der Waals surface area contributed by atoms with Gasteiger partial charge in [-0.1, -0.05) is 6.42 Å². The topological polar surface area (TPSA) is 78.4 Å². The summed E-state index contributed by atoms with van der Waals surface area (Å²) in [5.41, 5.74) is 0. The molecule has 0 aromatic rings. The summed E-state index contributed by atoms with van der Waals surface area (Å²) in [5.74, 6) is -0.817. The van der Waals surface area contributed by atoms with Crippen molar-refractivity contribution in [2.45, 2.75) is 42.9 Å². The maximum absolute atomic E-state index is 11.7. The Kier molecular flexibility index (Phi) is 4.04. The Bertz CT molecular complexity index is 335. The maximum atomic E-state index is 11.7. The van der Waals surface area contributed by atoms with Gasteiger partial charge in [-0.3, -0.25) is 0 Å². The summed E-state index contributed by atoms with van der Waals surface area (Å²) in [4.78, 5) is 22.7. The monoisotopic (exact) mass is 272 g/mol. The molecule has 5 nitrogen and oxygen atoms in total. The van der Waals surface area contributed by atoms with Gasteiger partial charge in [0.1, 0.15) is 6.04 Å². The Morgan fingerprint density at radius 1 is 1.44 bits per heavy atom. The molecule has 2 amide bonds. The molecule has 102 valence electrons. The van der Waals surface area contributed by atoms with E-state index in [1.807, 2.05) is 0 Å². The van der Waals surface area contributed by atoms with Gasteiger partial charge in [0.05, 0.1) is 0 Å². The number of aliphatic carboxylic acids is 1. The lowest BCUT2D eigenvalue weighted by Crippen LogP contribution is -2.52. The molecular weight excluding hydrogens is 252 g/mol.